The SMILES string of the molecule is CNc1nc2ccccc2c(=O)s1. The van der Waals surface area contributed by atoms with Gasteiger partial charge in [0.15, 0.2) is 5.13 Å². The highest BCUT2D eigenvalue weighted by Crippen LogP contribution is 2.13. The molecule has 0 spiro atoms. The first-order valence-electron chi connectivity index (χ1n) is 3.89. The molecule has 0 saturated heterocycles. The normalized spacial score (nSPS) is 10.2. The third-order valence-corrected chi connectivity index (χ3v) is 2.64. The molecule has 1 N–H and O–H groups in total. The molecule has 0 bridgehead atoms. The Morgan fingerprint density at radius 3 is 2.92 bits per heavy atom. The van der Waals surface area contributed by atoms with Gasteiger partial charge in [-0.05, 0) is 12.1 Å². The lowest BCUT2D eigenvalue weighted by atomic mass is 10.3. The summed E-state index contributed by atoms with van der Waals surface area (Å²) in [6.45, 7) is 0. The fraction of sp³-hybridized carbons (Fsp3) is 0.111. The minimum atomic E-state index is 0.0509. The molecule has 1 heterocycles. The number of anilines is 1. The minimum absolute atomic E-state index is 0.0509. The number of nitrogens with zero attached hydrogens (tertiary/aromatic N) is 1. The van der Waals surface area contributed by atoms with Crippen LogP contribution in [0.25, 0.3) is 10.9 Å². The van der Waals surface area contributed by atoms with Gasteiger partial charge in [-0.3, -0.25) is 4.79 Å². The Kier molecular flexibility index (Phi) is 1.98. The van der Waals surface area contributed by atoms with Crippen LogP contribution in [0.15, 0.2) is 29.1 Å². The predicted octanol–water partition coefficient (Wildman–Crippen LogP) is 1.70. The summed E-state index contributed by atoms with van der Waals surface area (Å²) in [5.74, 6) is 0. The second-order valence-corrected chi connectivity index (χ2v) is 3.54. The number of hydrogen-bond acceptors (Lipinski definition) is 4. The van der Waals surface area contributed by atoms with Crippen LogP contribution in [-0.4, -0.2) is 12.0 Å². The molecule has 13 heavy (non-hydrogen) atoms. The number of benzene rings is 1. The summed E-state index contributed by atoms with van der Waals surface area (Å²) in [5, 5.41) is 4.21. The summed E-state index contributed by atoms with van der Waals surface area (Å²) in [4.78, 5) is 15.8. The van der Waals surface area contributed by atoms with Crippen molar-refractivity contribution in [3.05, 3.63) is 33.8 Å². The van der Waals surface area contributed by atoms with E-state index in [1.54, 1.807) is 13.1 Å². The van der Waals surface area contributed by atoms with Gasteiger partial charge in [0.05, 0.1) is 10.9 Å². The number of para-hydroxylation sites is 1. The third kappa shape index (κ3) is 1.40. The summed E-state index contributed by atoms with van der Waals surface area (Å²) in [7, 11) is 1.76. The molecule has 0 aliphatic rings. The van der Waals surface area contributed by atoms with E-state index in [1.807, 2.05) is 18.2 Å². The van der Waals surface area contributed by atoms with Crippen molar-refractivity contribution in [1.82, 2.24) is 4.98 Å². The maximum atomic E-state index is 11.5. The van der Waals surface area contributed by atoms with E-state index in [9.17, 15) is 4.79 Å². The van der Waals surface area contributed by atoms with Gasteiger partial charge in [0.2, 0.25) is 4.74 Å². The van der Waals surface area contributed by atoms with Gasteiger partial charge >= 0.3 is 0 Å². The molecular formula is C9H8N2OS. The van der Waals surface area contributed by atoms with Gasteiger partial charge in [0.25, 0.3) is 0 Å². The average Bonchev–Trinajstić information content (AvgIpc) is 2.18. The Bertz CT molecular complexity index is 492. The van der Waals surface area contributed by atoms with Crippen molar-refractivity contribution in [3.8, 4) is 0 Å². The number of hydrogen-bond donors (Lipinski definition) is 1. The summed E-state index contributed by atoms with van der Waals surface area (Å²) in [6, 6.07) is 7.35. The van der Waals surface area contributed by atoms with Gasteiger partial charge in [0, 0.05) is 7.05 Å². The topological polar surface area (TPSA) is 42.0 Å². The first kappa shape index (κ1) is 8.19. The zero-order chi connectivity index (χ0) is 9.26. The Labute approximate surface area is 79.1 Å². The van der Waals surface area contributed by atoms with Gasteiger partial charge < -0.3 is 5.32 Å². The Morgan fingerprint density at radius 2 is 2.15 bits per heavy atom. The van der Waals surface area contributed by atoms with E-state index in [1.165, 1.54) is 0 Å². The molecule has 0 amide bonds. The van der Waals surface area contributed by atoms with Crippen LogP contribution in [0.5, 0.6) is 0 Å². The van der Waals surface area contributed by atoms with Crippen LogP contribution in [0.3, 0.4) is 0 Å². The van der Waals surface area contributed by atoms with Crippen LogP contribution < -0.4 is 10.1 Å². The molecule has 0 aliphatic carbocycles. The molecule has 1 aromatic carbocycles. The van der Waals surface area contributed by atoms with E-state index in [0.29, 0.717) is 10.5 Å². The van der Waals surface area contributed by atoms with E-state index in [2.05, 4.69) is 10.3 Å². The summed E-state index contributed by atoms with van der Waals surface area (Å²) >= 11 is 1.13. The molecular weight excluding hydrogens is 184 g/mol. The Morgan fingerprint density at radius 1 is 1.38 bits per heavy atom. The zero-order valence-corrected chi connectivity index (χ0v) is 7.89. The van der Waals surface area contributed by atoms with Crippen molar-refractivity contribution in [1.29, 1.82) is 0 Å². The second-order valence-electron chi connectivity index (χ2n) is 2.57. The van der Waals surface area contributed by atoms with Gasteiger partial charge in [-0.2, -0.15) is 0 Å². The summed E-state index contributed by atoms with van der Waals surface area (Å²) < 4.78 is 0.0509. The smallest absolute Gasteiger partial charge is 0.245 e. The summed E-state index contributed by atoms with van der Waals surface area (Å²) in [6.07, 6.45) is 0. The highest BCUT2D eigenvalue weighted by atomic mass is 32.1. The van der Waals surface area contributed by atoms with Crippen molar-refractivity contribution < 1.29 is 0 Å². The maximum Gasteiger partial charge on any atom is 0.245 e. The lowest BCUT2D eigenvalue weighted by molar-refractivity contribution is 1.39. The maximum absolute atomic E-state index is 11.5. The van der Waals surface area contributed by atoms with Crippen LogP contribution in [0, 0.1) is 0 Å². The quantitative estimate of drug-likeness (QED) is 0.747. The molecule has 2 rings (SSSR count). The Hall–Kier alpha value is -1.42. The first-order chi connectivity index (χ1) is 6.31. The molecule has 4 heteroatoms. The highest BCUT2D eigenvalue weighted by molar-refractivity contribution is 7.13. The van der Waals surface area contributed by atoms with Crippen molar-refractivity contribution in [2.45, 2.75) is 0 Å². The van der Waals surface area contributed by atoms with E-state index < -0.39 is 0 Å². The van der Waals surface area contributed by atoms with E-state index in [0.717, 1.165) is 16.9 Å². The van der Waals surface area contributed by atoms with E-state index >= 15 is 0 Å². The Balaban J connectivity index is 2.85. The van der Waals surface area contributed by atoms with Crippen molar-refractivity contribution >= 4 is 27.4 Å². The molecule has 0 atom stereocenters. The van der Waals surface area contributed by atoms with Crippen LogP contribution in [0.1, 0.15) is 0 Å². The average molecular weight is 192 g/mol. The van der Waals surface area contributed by atoms with Crippen molar-refractivity contribution in [2.24, 2.45) is 0 Å². The van der Waals surface area contributed by atoms with E-state index in [-0.39, 0.29) is 4.74 Å². The molecule has 66 valence electrons. The zero-order valence-electron chi connectivity index (χ0n) is 7.07. The first-order valence-corrected chi connectivity index (χ1v) is 4.70. The van der Waals surface area contributed by atoms with Crippen LogP contribution in [0.2, 0.25) is 0 Å². The van der Waals surface area contributed by atoms with Gasteiger partial charge in [-0.15, -0.1) is 0 Å². The third-order valence-electron chi connectivity index (χ3n) is 1.75. The molecule has 0 fully saturated rings. The van der Waals surface area contributed by atoms with E-state index in [4.69, 9.17) is 0 Å². The molecule has 0 aliphatic heterocycles. The monoisotopic (exact) mass is 192 g/mol. The molecule has 1 aromatic heterocycles. The lowest BCUT2D eigenvalue weighted by Crippen LogP contribution is -2.00. The van der Waals surface area contributed by atoms with Crippen LogP contribution in [-0.2, 0) is 0 Å². The van der Waals surface area contributed by atoms with Gasteiger partial charge in [-0.25, -0.2) is 4.98 Å². The highest BCUT2D eigenvalue weighted by Gasteiger charge is 2.01. The number of nitrogens with one attached hydrogen (secondary N) is 1. The van der Waals surface area contributed by atoms with Crippen LogP contribution >= 0.6 is 11.3 Å². The van der Waals surface area contributed by atoms with Crippen molar-refractivity contribution in [3.63, 3.8) is 0 Å². The molecule has 3 nitrogen and oxygen atoms in total. The number of fused-ring (bicyclic) bond motifs is 1. The molecule has 0 radical (unpaired) electrons. The molecule has 0 unspecified atom stereocenters. The van der Waals surface area contributed by atoms with Gasteiger partial charge in [-0.1, -0.05) is 23.5 Å². The predicted molar refractivity (Wildman–Crippen MR) is 55.4 cm³/mol. The van der Waals surface area contributed by atoms with Crippen molar-refractivity contribution in [2.75, 3.05) is 12.4 Å². The van der Waals surface area contributed by atoms with Crippen LogP contribution in [0.4, 0.5) is 5.13 Å². The second kappa shape index (κ2) is 3.14. The van der Waals surface area contributed by atoms with Gasteiger partial charge in [0.1, 0.15) is 0 Å². The molecule has 2 aromatic rings. The minimum Gasteiger partial charge on any atom is -0.364 e. The fourth-order valence-corrected chi connectivity index (χ4v) is 1.83. The molecule has 0 saturated carbocycles. The summed E-state index contributed by atoms with van der Waals surface area (Å²) in [5.41, 5.74) is 0.746. The number of rotatable bonds is 1. The largest absolute Gasteiger partial charge is 0.364 e. The standard InChI is InChI=1S/C9H8N2OS/c1-10-9-11-7-5-3-2-4-6(7)8(12)13-9/h2-5H,1H3,(H,10,11). The fourth-order valence-electron chi connectivity index (χ4n) is 1.13. The number of aromatic nitrogens is 1. The lowest BCUT2D eigenvalue weighted by Gasteiger charge is -1.98.